The maximum atomic E-state index is 12.1. The van der Waals surface area contributed by atoms with Gasteiger partial charge in [0.1, 0.15) is 0 Å². The van der Waals surface area contributed by atoms with E-state index in [1.54, 1.807) is 24.3 Å². The lowest BCUT2D eigenvalue weighted by molar-refractivity contribution is 0.102. The van der Waals surface area contributed by atoms with E-state index in [0.29, 0.717) is 11.3 Å². The lowest BCUT2D eigenvalue weighted by Gasteiger charge is -2.17. The van der Waals surface area contributed by atoms with Crippen LogP contribution in [0.2, 0.25) is 0 Å². The van der Waals surface area contributed by atoms with Gasteiger partial charge in [0.2, 0.25) is 0 Å². The van der Waals surface area contributed by atoms with Gasteiger partial charge in [-0.1, -0.05) is 12.1 Å². The molecule has 0 aliphatic rings. The summed E-state index contributed by atoms with van der Waals surface area (Å²) in [4.78, 5) is 14.1. The quantitative estimate of drug-likeness (QED) is 0.829. The molecule has 0 aliphatic heterocycles. The fourth-order valence-corrected chi connectivity index (χ4v) is 1.80. The Morgan fingerprint density at radius 2 is 1.68 bits per heavy atom. The lowest BCUT2D eigenvalue weighted by atomic mass is 10.2. The number of nitrogens with zero attached hydrogens (tertiary/aromatic N) is 1. The first-order valence-electron chi connectivity index (χ1n) is 6.01. The molecule has 0 bridgehead atoms. The van der Waals surface area contributed by atoms with E-state index in [2.05, 4.69) is 5.32 Å². The molecule has 2 aromatic rings. The van der Waals surface area contributed by atoms with Gasteiger partial charge in [-0.15, -0.1) is 0 Å². The summed E-state index contributed by atoms with van der Waals surface area (Å²) >= 11 is 0. The van der Waals surface area contributed by atoms with Crippen LogP contribution >= 0.6 is 0 Å². The minimum Gasteiger partial charge on any atom is -0.399 e. The first-order chi connectivity index (χ1) is 9.08. The number of nitrogen functional groups attached to an aromatic ring is 1. The Balaban J connectivity index is 2.22. The molecule has 0 saturated heterocycles. The number of benzene rings is 2. The maximum Gasteiger partial charge on any atom is 0.255 e. The molecule has 3 N–H and O–H groups in total. The largest absolute Gasteiger partial charge is 0.399 e. The monoisotopic (exact) mass is 255 g/mol. The predicted octanol–water partition coefficient (Wildman–Crippen LogP) is 2.59. The van der Waals surface area contributed by atoms with Crippen LogP contribution < -0.4 is 16.0 Å². The molecular weight excluding hydrogens is 238 g/mol. The summed E-state index contributed by atoms with van der Waals surface area (Å²) in [5.74, 6) is -0.144. The molecule has 4 nitrogen and oxygen atoms in total. The van der Waals surface area contributed by atoms with Gasteiger partial charge in [0, 0.05) is 25.3 Å². The molecular formula is C15H17N3O. The molecule has 0 aromatic heterocycles. The minimum absolute atomic E-state index is 0.144. The first kappa shape index (κ1) is 13.0. The Hall–Kier alpha value is -2.49. The summed E-state index contributed by atoms with van der Waals surface area (Å²) < 4.78 is 0. The fraction of sp³-hybridized carbons (Fsp3) is 0.133. The van der Waals surface area contributed by atoms with Crippen LogP contribution in [-0.4, -0.2) is 20.0 Å². The zero-order valence-corrected chi connectivity index (χ0v) is 11.1. The van der Waals surface area contributed by atoms with Gasteiger partial charge in [-0.3, -0.25) is 4.79 Å². The van der Waals surface area contributed by atoms with Crippen LogP contribution in [0.3, 0.4) is 0 Å². The standard InChI is InChI=1S/C15H17N3O/c1-18(2)14-6-4-3-5-13(14)17-15(19)11-7-9-12(16)10-8-11/h3-10H,16H2,1-2H3,(H,17,19). The molecule has 19 heavy (non-hydrogen) atoms. The van der Waals surface area contributed by atoms with Crippen LogP contribution in [0.5, 0.6) is 0 Å². The second-order valence-corrected chi connectivity index (χ2v) is 4.49. The van der Waals surface area contributed by atoms with Crippen LogP contribution in [-0.2, 0) is 0 Å². The van der Waals surface area contributed by atoms with Gasteiger partial charge in [0.15, 0.2) is 0 Å². The molecule has 0 atom stereocenters. The number of nitrogens with one attached hydrogen (secondary N) is 1. The van der Waals surface area contributed by atoms with Crippen molar-refractivity contribution in [2.45, 2.75) is 0 Å². The van der Waals surface area contributed by atoms with Crippen molar-refractivity contribution >= 4 is 23.0 Å². The third-order valence-corrected chi connectivity index (χ3v) is 2.81. The first-order valence-corrected chi connectivity index (χ1v) is 6.01. The molecule has 1 amide bonds. The number of rotatable bonds is 3. The smallest absolute Gasteiger partial charge is 0.255 e. The fourth-order valence-electron chi connectivity index (χ4n) is 1.80. The molecule has 0 aliphatic carbocycles. The lowest BCUT2D eigenvalue weighted by Crippen LogP contribution is -2.16. The zero-order valence-electron chi connectivity index (χ0n) is 11.1. The maximum absolute atomic E-state index is 12.1. The number of carbonyl (C=O) groups excluding carboxylic acids is 1. The van der Waals surface area contributed by atoms with Crippen molar-refractivity contribution in [2.24, 2.45) is 0 Å². The zero-order chi connectivity index (χ0) is 13.8. The van der Waals surface area contributed by atoms with Crippen LogP contribution in [0.25, 0.3) is 0 Å². The molecule has 0 saturated carbocycles. The molecule has 0 spiro atoms. The molecule has 0 unspecified atom stereocenters. The van der Waals surface area contributed by atoms with Gasteiger partial charge in [0.25, 0.3) is 5.91 Å². The Bertz CT molecular complexity index is 576. The second kappa shape index (κ2) is 5.44. The van der Waals surface area contributed by atoms with Crippen LogP contribution in [0.1, 0.15) is 10.4 Å². The van der Waals surface area contributed by atoms with Crippen LogP contribution in [0.15, 0.2) is 48.5 Å². The highest BCUT2D eigenvalue weighted by Crippen LogP contribution is 2.24. The topological polar surface area (TPSA) is 58.4 Å². The molecule has 4 heteroatoms. The van der Waals surface area contributed by atoms with Gasteiger partial charge in [-0.05, 0) is 36.4 Å². The molecule has 98 valence electrons. The van der Waals surface area contributed by atoms with Crippen LogP contribution in [0.4, 0.5) is 17.1 Å². The number of nitrogens with two attached hydrogens (primary N) is 1. The third kappa shape index (κ3) is 3.04. The SMILES string of the molecule is CN(C)c1ccccc1NC(=O)c1ccc(N)cc1. The second-order valence-electron chi connectivity index (χ2n) is 4.49. The highest BCUT2D eigenvalue weighted by Gasteiger charge is 2.09. The van der Waals surface area contributed by atoms with Gasteiger partial charge >= 0.3 is 0 Å². The number of hydrogen-bond donors (Lipinski definition) is 2. The number of carbonyl (C=O) groups is 1. The summed E-state index contributed by atoms with van der Waals surface area (Å²) in [7, 11) is 3.88. The minimum atomic E-state index is -0.144. The predicted molar refractivity (Wildman–Crippen MR) is 79.6 cm³/mol. The highest BCUT2D eigenvalue weighted by atomic mass is 16.1. The van der Waals surface area contributed by atoms with E-state index in [0.717, 1.165) is 11.4 Å². The Morgan fingerprint density at radius 3 is 2.32 bits per heavy atom. The van der Waals surface area contributed by atoms with Gasteiger partial charge in [-0.2, -0.15) is 0 Å². The van der Waals surface area contributed by atoms with E-state index < -0.39 is 0 Å². The number of anilines is 3. The van der Waals surface area contributed by atoms with Crippen molar-refractivity contribution in [2.75, 3.05) is 30.0 Å². The van der Waals surface area contributed by atoms with Crippen LogP contribution in [0, 0.1) is 0 Å². The van der Waals surface area contributed by atoms with E-state index in [9.17, 15) is 4.79 Å². The summed E-state index contributed by atoms with van der Waals surface area (Å²) in [5, 5.41) is 2.91. The average molecular weight is 255 g/mol. The normalized spacial score (nSPS) is 10.0. The van der Waals surface area contributed by atoms with Crippen molar-refractivity contribution in [3.05, 3.63) is 54.1 Å². The number of para-hydroxylation sites is 2. The summed E-state index contributed by atoms with van der Waals surface area (Å²) in [6.45, 7) is 0. The Labute approximate surface area is 112 Å². The number of amides is 1. The number of hydrogen-bond acceptors (Lipinski definition) is 3. The van der Waals surface area contributed by atoms with Gasteiger partial charge in [-0.25, -0.2) is 0 Å². The molecule has 0 radical (unpaired) electrons. The van der Waals surface area contributed by atoms with Crippen molar-refractivity contribution < 1.29 is 4.79 Å². The Morgan fingerprint density at radius 1 is 1.05 bits per heavy atom. The van der Waals surface area contributed by atoms with Crippen molar-refractivity contribution in [3.63, 3.8) is 0 Å². The summed E-state index contributed by atoms with van der Waals surface area (Å²) in [6.07, 6.45) is 0. The van der Waals surface area contributed by atoms with E-state index >= 15 is 0 Å². The molecule has 2 aromatic carbocycles. The summed E-state index contributed by atoms with van der Waals surface area (Å²) in [5.41, 5.74) is 8.59. The summed E-state index contributed by atoms with van der Waals surface area (Å²) in [6, 6.07) is 14.5. The molecule has 0 fully saturated rings. The van der Waals surface area contributed by atoms with Gasteiger partial charge in [0.05, 0.1) is 11.4 Å². The molecule has 2 rings (SSSR count). The average Bonchev–Trinajstić information content (AvgIpc) is 2.39. The van der Waals surface area contributed by atoms with Crippen molar-refractivity contribution in [1.82, 2.24) is 0 Å². The van der Waals surface area contributed by atoms with Gasteiger partial charge < -0.3 is 16.0 Å². The van der Waals surface area contributed by atoms with E-state index in [4.69, 9.17) is 5.73 Å². The molecule has 0 heterocycles. The van der Waals surface area contributed by atoms with E-state index in [1.807, 2.05) is 43.3 Å². The highest BCUT2D eigenvalue weighted by molar-refractivity contribution is 6.06. The third-order valence-electron chi connectivity index (χ3n) is 2.81. The Kier molecular flexibility index (Phi) is 3.71. The van der Waals surface area contributed by atoms with E-state index in [-0.39, 0.29) is 5.91 Å². The van der Waals surface area contributed by atoms with Crippen molar-refractivity contribution in [1.29, 1.82) is 0 Å². The van der Waals surface area contributed by atoms with E-state index in [1.165, 1.54) is 0 Å². The van der Waals surface area contributed by atoms with Crippen molar-refractivity contribution in [3.8, 4) is 0 Å².